The number of nitrogens with zero attached hydrogens (tertiary/aromatic N) is 2. The number of fused-ring (bicyclic) bond motifs is 3. The van der Waals surface area contributed by atoms with Crippen molar-refractivity contribution in [2.24, 2.45) is 0 Å². The number of aromatic nitrogens is 1. The van der Waals surface area contributed by atoms with E-state index >= 15 is 0 Å². The first kappa shape index (κ1) is 20.1. The molecule has 0 unspecified atom stereocenters. The Balaban J connectivity index is 1.50. The van der Waals surface area contributed by atoms with Crippen molar-refractivity contribution in [2.45, 2.75) is 25.9 Å². The number of aryl methyl sites for hydroxylation is 1. The minimum atomic E-state index is -0.172. The summed E-state index contributed by atoms with van der Waals surface area (Å²) in [6.45, 7) is 3.24. The standard InChI is InChI=1S/C28H27N3O/c1-21-9-7-13-23(19-21)27-26-15-8-18-30(26)25-14-6-5-12-24(25)20-31(27)28(32)29-17-16-22-10-3-2-4-11-22/h2-15,18-19,27H,16-17,20H2,1H3,(H,29,32)/t27-/m1/s1. The molecule has 1 N–H and O–H groups in total. The summed E-state index contributed by atoms with van der Waals surface area (Å²) in [5, 5.41) is 3.17. The molecule has 0 bridgehead atoms. The van der Waals surface area contributed by atoms with Gasteiger partial charge in [-0.25, -0.2) is 4.79 Å². The van der Waals surface area contributed by atoms with Crippen molar-refractivity contribution in [3.63, 3.8) is 0 Å². The lowest BCUT2D eigenvalue weighted by Gasteiger charge is -2.31. The van der Waals surface area contributed by atoms with Gasteiger partial charge < -0.3 is 14.8 Å². The first-order valence-corrected chi connectivity index (χ1v) is 11.1. The summed E-state index contributed by atoms with van der Waals surface area (Å²) in [6.07, 6.45) is 2.90. The number of carbonyl (C=O) groups excluding carboxylic acids is 1. The Labute approximate surface area is 189 Å². The van der Waals surface area contributed by atoms with Gasteiger partial charge >= 0.3 is 6.03 Å². The van der Waals surface area contributed by atoms with Crippen LogP contribution in [-0.4, -0.2) is 22.0 Å². The highest BCUT2D eigenvalue weighted by atomic mass is 16.2. The molecule has 0 radical (unpaired) electrons. The maximum Gasteiger partial charge on any atom is 0.318 e. The third-order valence-electron chi connectivity index (χ3n) is 6.12. The third kappa shape index (κ3) is 3.92. The van der Waals surface area contributed by atoms with Crippen LogP contribution in [-0.2, 0) is 13.0 Å². The zero-order valence-corrected chi connectivity index (χ0v) is 18.2. The van der Waals surface area contributed by atoms with Crippen molar-refractivity contribution in [1.29, 1.82) is 0 Å². The molecule has 4 heteroatoms. The fraction of sp³-hybridized carbons (Fsp3) is 0.179. The van der Waals surface area contributed by atoms with Crippen molar-refractivity contribution in [2.75, 3.05) is 6.54 Å². The normalized spacial score (nSPS) is 14.9. The molecule has 2 heterocycles. The van der Waals surface area contributed by atoms with Gasteiger partial charge in [0.25, 0.3) is 0 Å². The molecule has 0 saturated carbocycles. The fourth-order valence-corrected chi connectivity index (χ4v) is 4.59. The van der Waals surface area contributed by atoms with E-state index in [-0.39, 0.29) is 12.1 Å². The van der Waals surface area contributed by atoms with Crippen molar-refractivity contribution in [1.82, 2.24) is 14.8 Å². The van der Waals surface area contributed by atoms with E-state index in [1.165, 1.54) is 11.1 Å². The number of nitrogens with one attached hydrogen (secondary N) is 1. The maximum atomic E-state index is 13.6. The Morgan fingerprint density at radius 1 is 0.938 bits per heavy atom. The van der Waals surface area contributed by atoms with Gasteiger partial charge in [-0.15, -0.1) is 0 Å². The van der Waals surface area contributed by atoms with Crippen LogP contribution >= 0.6 is 0 Å². The Hall–Kier alpha value is -3.79. The quantitative estimate of drug-likeness (QED) is 0.455. The highest BCUT2D eigenvalue weighted by Crippen LogP contribution is 2.36. The predicted octanol–water partition coefficient (Wildman–Crippen LogP) is 5.64. The molecule has 1 aliphatic heterocycles. The second-order valence-electron chi connectivity index (χ2n) is 8.34. The SMILES string of the molecule is Cc1cccc([C@@H]2c3cccn3-c3ccccc3CN2C(=O)NCCc2ccccc2)c1. The number of amides is 2. The Morgan fingerprint density at radius 2 is 1.75 bits per heavy atom. The summed E-state index contributed by atoms with van der Waals surface area (Å²) in [5.41, 5.74) is 6.89. The van der Waals surface area contributed by atoms with E-state index in [9.17, 15) is 4.79 Å². The van der Waals surface area contributed by atoms with E-state index in [1.54, 1.807) is 0 Å². The summed E-state index contributed by atoms with van der Waals surface area (Å²) in [7, 11) is 0. The zero-order chi connectivity index (χ0) is 21.9. The number of hydrogen-bond acceptors (Lipinski definition) is 1. The molecule has 0 saturated heterocycles. The molecule has 1 atom stereocenters. The first-order valence-electron chi connectivity index (χ1n) is 11.1. The molecule has 160 valence electrons. The minimum absolute atomic E-state index is 0.0445. The lowest BCUT2D eigenvalue weighted by atomic mass is 10.00. The number of benzene rings is 3. The largest absolute Gasteiger partial charge is 0.338 e. The molecule has 2 amide bonds. The summed E-state index contributed by atoms with van der Waals surface area (Å²) in [4.78, 5) is 15.5. The third-order valence-corrected chi connectivity index (χ3v) is 6.12. The molecule has 1 aliphatic rings. The van der Waals surface area contributed by atoms with Gasteiger partial charge in [-0.3, -0.25) is 0 Å². The van der Waals surface area contributed by atoms with Crippen molar-refractivity contribution in [3.05, 3.63) is 125 Å². The number of hydrogen-bond donors (Lipinski definition) is 1. The Kier molecular flexibility index (Phi) is 5.51. The molecule has 0 fully saturated rings. The number of para-hydroxylation sites is 1. The topological polar surface area (TPSA) is 37.3 Å². The Bertz CT molecular complexity index is 1230. The Morgan fingerprint density at radius 3 is 2.59 bits per heavy atom. The molecular weight excluding hydrogens is 394 g/mol. The monoisotopic (exact) mass is 421 g/mol. The molecule has 5 rings (SSSR count). The minimum Gasteiger partial charge on any atom is -0.338 e. The molecular formula is C28H27N3O. The molecule has 1 aromatic heterocycles. The van der Waals surface area contributed by atoms with E-state index in [0.29, 0.717) is 13.1 Å². The van der Waals surface area contributed by atoms with Gasteiger partial charge in [-0.2, -0.15) is 0 Å². The zero-order valence-electron chi connectivity index (χ0n) is 18.2. The van der Waals surface area contributed by atoms with E-state index in [4.69, 9.17) is 0 Å². The van der Waals surface area contributed by atoms with Gasteiger partial charge in [0.1, 0.15) is 0 Å². The summed E-state index contributed by atoms with van der Waals surface area (Å²) < 4.78 is 2.22. The van der Waals surface area contributed by atoms with E-state index in [0.717, 1.165) is 28.9 Å². The average molecular weight is 422 g/mol. The molecule has 0 spiro atoms. The molecule has 4 aromatic rings. The average Bonchev–Trinajstić information content (AvgIpc) is 3.24. The van der Waals surface area contributed by atoms with Crippen LogP contribution in [0.25, 0.3) is 5.69 Å². The second kappa shape index (κ2) is 8.75. The van der Waals surface area contributed by atoms with Crippen LogP contribution in [0.1, 0.15) is 34.0 Å². The summed E-state index contributed by atoms with van der Waals surface area (Å²) in [5.74, 6) is 0. The highest BCUT2D eigenvalue weighted by Gasteiger charge is 2.32. The fourth-order valence-electron chi connectivity index (χ4n) is 4.59. The summed E-state index contributed by atoms with van der Waals surface area (Å²) in [6, 6.07) is 31.0. The van der Waals surface area contributed by atoms with Crippen LogP contribution in [0.15, 0.2) is 97.2 Å². The van der Waals surface area contributed by atoms with Crippen molar-refractivity contribution < 1.29 is 4.79 Å². The molecule has 3 aromatic carbocycles. The lowest BCUT2D eigenvalue weighted by Crippen LogP contribution is -2.42. The van der Waals surface area contributed by atoms with Crippen LogP contribution in [0.2, 0.25) is 0 Å². The number of rotatable bonds is 4. The number of urea groups is 1. The van der Waals surface area contributed by atoms with Crippen molar-refractivity contribution in [3.8, 4) is 5.69 Å². The molecule has 32 heavy (non-hydrogen) atoms. The van der Waals surface area contributed by atoms with Gasteiger partial charge in [-0.05, 0) is 48.2 Å². The van der Waals surface area contributed by atoms with Crippen LogP contribution in [0, 0.1) is 6.92 Å². The molecule has 4 nitrogen and oxygen atoms in total. The van der Waals surface area contributed by atoms with E-state index < -0.39 is 0 Å². The van der Waals surface area contributed by atoms with Crippen molar-refractivity contribution >= 4 is 6.03 Å². The van der Waals surface area contributed by atoms with Gasteiger partial charge in [0.05, 0.1) is 18.3 Å². The van der Waals surface area contributed by atoms with Crippen LogP contribution in [0.5, 0.6) is 0 Å². The molecule has 0 aliphatic carbocycles. The second-order valence-corrected chi connectivity index (χ2v) is 8.34. The first-order chi connectivity index (χ1) is 15.7. The van der Waals surface area contributed by atoms with E-state index in [1.807, 2.05) is 29.2 Å². The highest BCUT2D eigenvalue weighted by molar-refractivity contribution is 5.76. The van der Waals surface area contributed by atoms with Gasteiger partial charge in [0, 0.05) is 18.4 Å². The van der Waals surface area contributed by atoms with Crippen LogP contribution in [0.3, 0.4) is 0 Å². The van der Waals surface area contributed by atoms with E-state index in [2.05, 4.69) is 89.7 Å². The lowest BCUT2D eigenvalue weighted by molar-refractivity contribution is 0.180. The summed E-state index contributed by atoms with van der Waals surface area (Å²) >= 11 is 0. The predicted molar refractivity (Wildman–Crippen MR) is 128 cm³/mol. The van der Waals surface area contributed by atoms with Gasteiger partial charge in [0.2, 0.25) is 0 Å². The maximum absolute atomic E-state index is 13.6. The van der Waals surface area contributed by atoms with Crippen LogP contribution in [0.4, 0.5) is 4.79 Å². The number of carbonyl (C=O) groups is 1. The van der Waals surface area contributed by atoms with Gasteiger partial charge in [0.15, 0.2) is 0 Å². The van der Waals surface area contributed by atoms with Gasteiger partial charge in [-0.1, -0.05) is 78.4 Å². The smallest absolute Gasteiger partial charge is 0.318 e. The van der Waals surface area contributed by atoms with Crippen LogP contribution < -0.4 is 5.32 Å².